The number of nitrogens with zero attached hydrogens (tertiary/aromatic N) is 5. The van der Waals surface area contributed by atoms with E-state index in [-0.39, 0.29) is 28.1 Å². The summed E-state index contributed by atoms with van der Waals surface area (Å²) in [4.78, 5) is 31.7. The predicted octanol–water partition coefficient (Wildman–Crippen LogP) is 1.24. The molecule has 0 aliphatic carbocycles. The lowest BCUT2D eigenvalue weighted by atomic mass is 10.2. The monoisotopic (exact) mass is 356 g/mol. The second kappa shape index (κ2) is 5.69. The molecule has 3 aromatic heterocycles. The van der Waals surface area contributed by atoms with Crippen molar-refractivity contribution in [1.82, 2.24) is 29.5 Å². The van der Waals surface area contributed by atoms with E-state index < -0.39 is 22.9 Å². The van der Waals surface area contributed by atoms with E-state index in [0.717, 1.165) is 21.4 Å². The summed E-state index contributed by atoms with van der Waals surface area (Å²) < 4.78 is 29.0. The summed E-state index contributed by atoms with van der Waals surface area (Å²) in [5.74, 6) is -2.17. The number of aryl methyl sites for hydroxylation is 1. The highest BCUT2D eigenvalue weighted by Crippen LogP contribution is 2.19. The van der Waals surface area contributed by atoms with Gasteiger partial charge in [0.05, 0.1) is 17.4 Å². The molecule has 1 aromatic carbocycles. The van der Waals surface area contributed by atoms with Gasteiger partial charge in [0.25, 0.3) is 5.56 Å². The summed E-state index contributed by atoms with van der Waals surface area (Å²) in [5, 5.41) is 7.57. The molecule has 0 radical (unpaired) electrons. The average molecular weight is 356 g/mol. The van der Waals surface area contributed by atoms with E-state index in [4.69, 9.17) is 0 Å². The van der Waals surface area contributed by atoms with Crippen molar-refractivity contribution >= 4 is 11.0 Å². The van der Waals surface area contributed by atoms with Crippen LogP contribution in [0.25, 0.3) is 22.4 Å². The average Bonchev–Trinajstić information content (AvgIpc) is 2.98. The van der Waals surface area contributed by atoms with Gasteiger partial charge in [-0.3, -0.25) is 9.78 Å². The Bertz CT molecular complexity index is 1260. The Morgan fingerprint density at radius 3 is 2.65 bits per heavy atom. The van der Waals surface area contributed by atoms with Crippen molar-refractivity contribution in [3.8, 4) is 11.4 Å². The van der Waals surface area contributed by atoms with Crippen LogP contribution in [-0.4, -0.2) is 29.5 Å². The number of fused-ring (bicyclic) bond motifs is 1. The minimum Gasteiger partial charge on any atom is -0.309 e. The Morgan fingerprint density at radius 2 is 1.92 bits per heavy atom. The third-order valence-electron chi connectivity index (χ3n) is 3.86. The van der Waals surface area contributed by atoms with Gasteiger partial charge >= 0.3 is 5.69 Å². The van der Waals surface area contributed by atoms with Gasteiger partial charge in [-0.1, -0.05) is 5.21 Å². The van der Waals surface area contributed by atoms with Gasteiger partial charge in [0.15, 0.2) is 17.3 Å². The first-order valence-corrected chi connectivity index (χ1v) is 7.44. The van der Waals surface area contributed by atoms with Crippen LogP contribution in [0.15, 0.2) is 46.2 Å². The number of halogens is 2. The third kappa shape index (κ3) is 2.31. The van der Waals surface area contributed by atoms with E-state index in [1.807, 2.05) is 0 Å². The fraction of sp³-hybridized carbons (Fsp3) is 0.0625. The maximum absolute atomic E-state index is 13.6. The number of aromatic nitrogens is 6. The number of rotatable bonds is 2. The van der Waals surface area contributed by atoms with E-state index in [0.29, 0.717) is 0 Å². The third-order valence-corrected chi connectivity index (χ3v) is 3.86. The lowest BCUT2D eigenvalue weighted by molar-refractivity contribution is 0.510. The zero-order valence-corrected chi connectivity index (χ0v) is 13.3. The van der Waals surface area contributed by atoms with Gasteiger partial charge < -0.3 is 4.98 Å². The van der Waals surface area contributed by atoms with Crippen LogP contribution in [0.3, 0.4) is 0 Å². The number of pyridine rings is 1. The minimum absolute atomic E-state index is 0.0399. The van der Waals surface area contributed by atoms with Crippen molar-refractivity contribution in [3.63, 3.8) is 0 Å². The summed E-state index contributed by atoms with van der Waals surface area (Å²) >= 11 is 0. The van der Waals surface area contributed by atoms with Gasteiger partial charge in [0, 0.05) is 24.0 Å². The predicted molar refractivity (Wildman–Crippen MR) is 87.5 cm³/mol. The topological polar surface area (TPSA) is 98.5 Å². The molecule has 1 N–H and O–H groups in total. The number of hydrogen-bond acceptors (Lipinski definition) is 5. The Kier molecular flexibility index (Phi) is 3.46. The molecule has 4 rings (SSSR count). The van der Waals surface area contributed by atoms with E-state index >= 15 is 0 Å². The number of hydrogen-bond donors (Lipinski definition) is 1. The molecule has 10 heteroatoms. The summed E-state index contributed by atoms with van der Waals surface area (Å²) in [6.07, 6.45) is 2.85. The van der Waals surface area contributed by atoms with Crippen LogP contribution in [0.2, 0.25) is 0 Å². The van der Waals surface area contributed by atoms with Gasteiger partial charge in [0.1, 0.15) is 5.52 Å². The highest BCUT2D eigenvalue weighted by atomic mass is 19.2. The highest BCUT2D eigenvalue weighted by Gasteiger charge is 2.19. The quantitative estimate of drug-likeness (QED) is 0.583. The molecule has 130 valence electrons. The molecule has 0 fully saturated rings. The molecule has 0 aliphatic heterocycles. The van der Waals surface area contributed by atoms with Crippen LogP contribution >= 0.6 is 0 Å². The summed E-state index contributed by atoms with van der Waals surface area (Å²) in [6.45, 7) is 1.50. The van der Waals surface area contributed by atoms with E-state index in [9.17, 15) is 18.4 Å². The Balaban J connectivity index is 2.06. The second-order valence-electron chi connectivity index (χ2n) is 5.51. The largest absolute Gasteiger partial charge is 0.333 e. The molecule has 0 unspecified atom stereocenters. The van der Waals surface area contributed by atoms with E-state index in [2.05, 4.69) is 20.3 Å². The van der Waals surface area contributed by atoms with Crippen LogP contribution < -0.4 is 11.2 Å². The molecule has 4 aromatic rings. The smallest absolute Gasteiger partial charge is 0.309 e. The first-order chi connectivity index (χ1) is 12.5. The van der Waals surface area contributed by atoms with Crippen molar-refractivity contribution in [2.45, 2.75) is 6.92 Å². The minimum atomic E-state index is -1.10. The maximum atomic E-state index is 13.6. The lowest BCUT2D eigenvalue weighted by Crippen LogP contribution is -2.37. The highest BCUT2D eigenvalue weighted by molar-refractivity contribution is 5.76. The molecular weight excluding hydrogens is 346 g/mol. The molecule has 0 aliphatic rings. The van der Waals surface area contributed by atoms with Gasteiger partial charge in [-0.25, -0.2) is 22.8 Å². The summed E-state index contributed by atoms with van der Waals surface area (Å²) in [6, 6.07) is 4.89. The first kappa shape index (κ1) is 15.8. The molecule has 0 saturated carbocycles. The van der Waals surface area contributed by atoms with Crippen molar-refractivity contribution in [1.29, 1.82) is 0 Å². The molecule has 0 amide bonds. The zero-order chi connectivity index (χ0) is 18.4. The van der Waals surface area contributed by atoms with Gasteiger partial charge in [-0.05, 0) is 19.1 Å². The molecule has 3 heterocycles. The van der Waals surface area contributed by atoms with E-state index in [1.165, 1.54) is 25.4 Å². The Labute approximate surface area is 143 Å². The lowest BCUT2D eigenvalue weighted by Gasteiger charge is -2.10. The zero-order valence-electron chi connectivity index (χ0n) is 13.3. The second-order valence-corrected chi connectivity index (χ2v) is 5.51. The number of nitrogens with one attached hydrogen (secondary N) is 1. The Hall–Kier alpha value is -3.69. The van der Waals surface area contributed by atoms with Gasteiger partial charge in [-0.15, -0.1) is 5.10 Å². The Morgan fingerprint density at radius 1 is 1.15 bits per heavy atom. The molecule has 0 atom stereocenters. The van der Waals surface area contributed by atoms with Crippen LogP contribution in [-0.2, 0) is 0 Å². The molecule has 0 spiro atoms. The van der Waals surface area contributed by atoms with Crippen molar-refractivity contribution in [3.05, 3.63) is 74.8 Å². The number of H-pyrrole nitrogens is 1. The standard InChI is InChI=1S/C16H10F2N6O2/c1-8-14(24-13-6-11(18)10(17)5-12(13)21-22-24)15(25)23(16(26)20-8)9-3-2-4-19-7-9/h2-7H,1H3,(H,20,26). The first-order valence-electron chi connectivity index (χ1n) is 7.44. The maximum Gasteiger partial charge on any atom is 0.333 e. The van der Waals surface area contributed by atoms with Crippen LogP contribution in [0, 0.1) is 18.6 Å². The van der Waals surface area contributed by atoms with Crippen molar-refractivity contribution in [2.75, 3.05) is 0 Å². The number of aromatic amines is 1. The summed E-state index contributed by atoms with van der Waals surface area (Å²) in [7, 11) is 0. The number of benzene rings is 1. The van der Waals surface area contributed by atoms with Crippen molar-refractivity contribution in [2.24, 2.45) is 0 Å². The van der Waals surface area contributed by atoms with Gasteiger partial charge in [-0.2, -0.15) is 0 Å². The normalized spacial score (nSPS) is 11.2. The molecule has 8 nitrogen and oxygen atoms in total. The molecule has 0 bridgehead atoms. The fourth-order valence-electron chi connectivity index (χ4n) is 2.69. The van der Waals surface area contributed by atoms with Crippen molar-refractivity contribution < 1.29 is 8.78 Å². The van der Waals surface area contributed by atoms with Crippen LogP contribution in [0.4, 0.5) is 8.78 Å². The van der Waals surface area contributed by atoms with Gasteiger partial charge in [0.2, 0.25) is 0 Å². The SMILES string of the molecule is Cc1[nH]c(=O)n(-c2cccnc2)c(=O)c1-n1nnc2cc(F)c(F)cc21. The fourth-order valence-corrected chi connectivity index (χ4v) is 2.69. The molecular formula is C16H10F2N6O2. The molecule has 26 heavy (non-hydrogen) atoms. The van der Waals surface area contributed by atoms with Crippen LogP contribution in [0.5, 0.6) is 0 Å². The molecule has 0 saturated heterocycles. The van der Waals surface area contributed by atoms with Crippen LogP contribution in [0.1, 0.15) is 5.69 Å². The van der Waals surface area contributed by atoms with E-state index in [1.54, 1.807) is 6.07 Å². The summed E-state index contributed by atoms with van der Waals surface area (Å²) in [5.41, 5.74) is -0.780.